The molecule has 96 valence electrons. The molecule has 0 fully saturated rings. The van der Waals surface area contributed by atoms with Crippen LogP contribution in [0.1, 0.15) is 25.6 Å². The summed E-state index contributed by atoms with van der Waals surface area (Å²) in [6.07, 6.45) is 0. The van der Waals surface area contributed by atoms with E-state index < -0.39 is 0 Å². The van der Waals surface area contributed by atoms with Gasteiger partial charge in [0.1, 0.15) is 5.01 Å². The Kier molecular flexibility index (Phi) is 4.62. The van der Waals surface area contributed by atoms with E-state index in [1.807, 2.05) is 12.1 Å². The maximum Gasteiger partial charge on any atom is 0.125 e. The molecule has 1 atom stereocenters. The summed E-state index contributed by atoms with van der Waals surface area (Å²) in [6, 6.07) is 5.86. The van der Waals surface area contributed by atoms with Crippen molar-refractivity contribution < 1.29 is 0 Å². The maximum atomic E-state index is 6.20. The highest BCUT2D eigenvalue weighted by Gasteiger charge is 2.13. The van der Waals surface area contributed by atoms with Gasteiger partial charge in [-0.05, 0) is 19.5 Å². The van der Waals surface area contributed by atoms with Gasteiger partial charge < -0.3 is 5.32 Å². The molecule has 0 radical (unpaired) electrons. The topological polar surface area (TPSA) is 24.9 Å². The molecular formula is C13H14Cl2N2S. The average Bonchev–Trinajstić information content (AvgIpc) is 2.82. The Morgan fingerprint density at radius 3 is 2.89 bits per heavy atom. The predicted octanol–water partition coefficient (Wildman–Crippen LogP) is 4.79. The molecule has 1 heterocycles. The molecule has 2 nitrogen and oxygen atoms in total. The third-order valence-corrected chi connectivity index (χ3v) is 4.37. The van der Waals surface area contributed by atoms with Crippen molar-refractivity contribution in [3.63, 3.8) is 0 Å². The van der Waals surface area contributed by atoms with Crippen LogP contribution < -0.4 is 5.32 Å². The monoisotopic (exact) mass is 300 g/mol. The second kappa shape index (κ2) is 6.02. The second-order valence-corrected chi connectivity index (χ2v) is 5.60. The molecule has 0 amide bonds. The van der Waals surface area contributed by atoms with E-state index in [-0.39, 0.29) is 6.04 Å². The summed E-state index contributed by atoms with van der Waals surface area (Å²) in [5, 5.41) is 7.42. The van der Waals surface area contributed by atoms with Crippen molar-refractivity contribution in [2.45, 2.75) is 19.9 Å². The van der Waals surface area contributed by atoms with Crippen molar-refractivity contribution in [3.8, 4) is 10.6 Å². The zero-order valence-corrected chi connectivity index (χ0v) is 12.5. The SMILES string of the molecule is CCNC(C)c1csc(-c2cccc(Cl)c2Cl)n1. The number of halogens is 2. The summed E-state index contributed by atoms with van der Waals surface area (Å²) in [5.41, 5.74) is 1.93. The fourth-order valence-corrected chi connectivity index (χ4v) is 3.08. The van der Waals surface area contributed by atoms with Crippen LogP contribution in [0.15, 0.2) is 23.6 Å². The van der Waals surface area contributed by atoms with Crippen LogP contribution in [0, 0.1) is 0 Å². The van der Waals surface area contributed by atoms with Crippen molar-refractivity contribution >= 4 is 34.5 Å². The zero-order valence-electron chi connectivity index (χ0n) is 10.2. The fourth-order valence-electron chi connectivity index (χ4n) is 1.69. The van der Waals surface area contributed by atoms with Crippen LogP contribution in [0.2, 0.25) is 10.0 Å². The summed E-state index contributed by atoms with van der Waals surface area (Å²) in [7, 11) is 0. The maximum absolute atomic E-state index is 6.20. The standard InChI is InChI=1S/C13H14Cl2N2S/c1-3-16-8(2)11-7-18-13(17-11)9-5-4-6-10(14)12(9)15/h4-8,16H,3H2,1-2H3. The van der Waals surface area contributed by atoms with E-state index in [2.05, 4.69) is 29.5 Å². The molecule has 0 saturated carbocycles. The van der Waals surface area contributed by atoms with Gasteiger partial charge in [0.25, 0.3) is 0 Å². The van der Waals surface area contributed by atoms with Crippen LogP contribution >= 0.6 is 34.5 Å². The average molecular weight is 301 g/mol. The van der Waals surface area contributed by atoms with Crippen molar-refractivity contribution in [2.75, 3.05) is 6.54 Å². The number of rotatable bonds is 4. The number of nitrogens with zero attached hydrogens (tertiary/aromatic N) is 1. The van der Waals surface area contributed by atoms with E-state index in [9.17, 15) is 0 Å². The summed E-state index contributed by atoms with van der Waals surface area (Å²) in [4.78, 5) is 4.61. The highest BCUT2D eigenvalue weighted by Crippen LogP contribution is 2.35. The van der Waals surface area contributed by atoms with Crippen LogP contribution in [-0.2, 0) is 0 Å². The van der Waals surface area contributed by atoms with Gasteiger partial charge in [0, 0.05) is 17.0 Å². The number of nitrogens with one attached hydrogen (secondary N) is 1. The predicted molar refractivity (Wildman–Crippen MR) is 79.7 cm³/mol. The van der Waals surface area contributed by atoms with E-state index >= 15 is 0 Å². The van der Waals surface area contributed by atoms with Gasteiger partial charge in [-0.3, -0.25) is 0 Å². The first-order chi connectivity index (χ1) is 8.63. The molecule has 0 saturated heterocycles. The van der Waals surface area contributed by atoms with Gasteiger partial charge in [-0.15, -0.1) is 11.3 Å². The molecule has 0 aliphatic rings. The molecular weight excluding hydrogens is 287 g/mol. The Morgan fingerprint density at radius 1 is 1.39 bits per heavy atom. The Bertz CT molecular complexity index is 540. The van der Waals surface area contributed by atoms with Gasteiger partial charge in [0.2, 0.25) is 0 Å². The lowest BCUT2D eigenvalue weighted by Crippen LogP contribution is -2.17. The molecule has 1 aromatic heterocycles. The number of benzene rings is 1. The van der Waals surface area contributed by atoms with Gasteiger partial charge in [0.05, 0.1) is 15.7 Å². The Balaban J connectivity index is 2.32. The molecule has 0 spiro atoms. The lowest BCUT2D eigenvalue weighted by molar-refractivity contribution is 0.587. The first-order valence-corrected chi connectivity index (χ1v) is 7.40. The molecule has 2 rings (SSSR count). The zero-order chi connectivity index (χ0) is 13.1. The minimum Gasteiger partial charge on any atom is -0.309 e. The van der Waals surface area contributed by atoms with Gasteiger partial charge in [0.15, 0.2) is 0 Å². The Labute approximate surface area is 121 Å². The minimum absolute atomic E-state index is 0.248. The fraction of sp³-hybridized carbons (Fsp3) is 0.308. The van der Waals surface area contributed by atoms with Crippen molar-refractivity contribution in [1.29, 1.82) is 0 Å². The summed E-state index contributed by atoms with van der Waals surface area (Å²) < 4.78 is 0. The normalized spacial score (nSPS) is 12.7. The Morgan fingerprint density at radius 2 is 2.17 bits per heavy atom. The summed E-state index contributed by atoms with van der Waals surface area (Å²) in [5.74, 6) is 0. The number of aromatic nitrogens is 1. The smallest absolute Gasteiger partial charge is 0.125 e. The van der Waals surface area contributed by atoms with E-state index in [4.69, 9.17) is 23.2 Å². The molecule has 0 aliphatic carbocycles. The van der Waals surface area contributed by atoms with Crippen LogP contribution in [-0.4, -0.2) is 11.5 Å². The van der Waals surface area contributed by atoms with Crippen LogP contribution in [0.4, 0.5) is 0 Å². The van der Waals surface area contributed by atoms with E-state index in [0.29, 0.717) is 10.0 Å². The lowest BCUT2D eigenvalue weighted by Gasteiger charge is -2.08. The van der Waals surface area contributed by atoms with Gasteiger partial charge >= 0.3 is 0 Å². The summed E-state index contributed by atoms with van der Waals surface area (Å²) >= 11 is 13.8. The van der Waals surface area contributed by atoms with Crippen molar-refractivity contribution in [2.24, 2.45) is 0 Å². The quantitative estimate of drug-likeness (QED) is 0.878. The second-order valence-electron chi connectivity index (χ2n) is 3.96. The molecule has 1 N–H and O–H groups in total. The lowest BCUT2D eigenvalue weighted by atomic mass is 10.2. The molecule has 18 heavy (non-hydrogen) atoms. The largest absolute Gasteiger partial charge is 0.309 e. The van der Waals surface area contributed by atoms with Crippen LogP contribution in [0.5, 0.6) is 0 Å². The van der Waals surface area contributed by atoms with E-state index in [1.54, 1.807) is 17.4 Å². The number of hydrogen-bond donors (Lipinski definition) is 1. The van der Waals surface area contributed by atoms with Crippen LogP contribution in [0.3, 0.4) is 0 Å². The van der Waals surface area contributed by atoms with Crippen LogP contribution in [0.25, 0.3) is 10.6 Å². The highest BCUT2D eigenvalue weighted by molar-refractivity contribution is 7.13. The van der Waals surface area contributed by atoms with Gasteiger partial charge in [-0.2, -0.15) is 0 Å². The first kappa shape index (κ1) is 13.8. The first-order valence-electron chi connectivity index (χ1n) is 5.76. The Hall–Kier alpha value is -0.610. The molecule has 1 unspecified atom stereocenters. The van der Waals surface area contributed by atoms with Crippen molar-refractivity contribution in [3.05, 3.63) is 39.3 Å². The molecule has 1 aromatic carbocycles. The number of hydrogen-bond acceptors (Lipinski definition) is 3. The van der Waals surface area contributed by atoms with Gasteiger partial charge in [-0.1, -0.05) is 42.3 Å². The molecule has 2 aromatic rings. The third-order valence-electron chi connectivity index (χ3n) is 2.66. The van der Waals surface area contributed by atoms with Gasteiger partial charge in [-0.25, -0.2) is 4.98 Å². The highest BCUT2D eigenvalue weighted by atomic mass is 35.5. The van der Waals surface area contributed by atoms with E-state index in [1.165, 1.54) is 0 Å². The van der Waals surface area contributed by atoms with E-state index in [0.717, 1.165) is 22.8 Å². The molecule has 0 bridgehead atoms. The minimum atomic E-state index is 0.248. The number of thiazole rings is 1. The molecule has 5 heteroatoms. The van der Waals surface area contributed by atoms with Crippen molar-refractivity contribution in [1.82, 2.24) is 10.3 Å². The molecule has 0 aliphatic heterocycles. The summed E-state index contributed by atoms with van der Waals surface area (Å²) in [6.45, 7) is 5.10. The third kappa shape index (κ3) is 2.86.